The van der Waals surface area contributed by atoms with Crippen LogP contribution >= 0.6 is 11.3 Å². The summed E-state index contributed by atoms with van der Waals surface area (Å²) in [6.07, 6.45) is 0. The number of carbonyl (C=O) groups is 1. The molecule has 1 aromatic heterocycles. The van der Waals surface area contributed by atoms with E-state index in [1.165, 1.54) is 11.3 Å². The van der Waals surface area contributed by atoms with Crippen molar-refractivity contribution < 1.29 is 4.79 Å². The largest absolute Gasteiger partial charge is 0.354 e. The number of rotatable bonds is 2. The number of carbonyl (C=O) groups excluding carboxylic acids is 1. The maximum atomic E-state index is 10.9. The van der Waals surface area contributed by atoms with Crippen LogP contribution in [0.2, 0.25) is 0 Å². The lowest BCUT2D eigenvalue weighted by Crippen LogP contribution is -2.18. The number of hydrogen-bond donors (Lipinski definition) is 2. The highest BCUT2D eigenvalue weighted by atomic mass is 32.1. The quantitative estimate of drug-likeness (QED) is 0.656. The van der Waals surface area contributed by atoms with Crippen molar-refractivity contribution >= 4 is 17.2 Å². The first-order chi connectivity index (χ1) is 5.27. The number of aromatic nitrogens is 1. The monoisotopic (exact) mass is 171 g/mol. The fourth-order valence-electron chi connectivity index (χ4n) is 0.637. The van der Waals surface area contributed by atoms with Crippen molar-refractivity contribution in [3.05, 3.63) is 16.1 Å². The summed E-state index contributed by atoms with van der Waals surface area (Å²) in [5.41, 5.74) is 5.76. The van der Waals surface area contributed by atoms with Crippen LogP contribution in [0.5, 0.6) is 0 Å². The predicted octanol–water partition coefficient (Wildman–Crippen LogP) is -0.0386. The average Bonchev–Trinajstić information content (AvgIpc) is 2.50. The van der Waals surface area contributed by atoms with E-state index in [-0.39, 0.29) is 5.91 Å². The van der Waals surface area contributed by atoms with Crippen LogP contribution < -0.4 is 11.1 Å². The Morgan fingerprint density at radius 1 is 1.91 bits per heavy atom. The smallest absolute Gasteiger partial charge is 0.270 e. The summed E-state index contributed by atoms with van der Waals surface area (Å²) in [5.74, 6) is -0.166. The SMILES string of the molecule is CNC(=O)c1csc(CN)n1. The zero-order valence-corrected chi connectivity index (χ0v) is 6.94. The van der Waals surface area contributed by atoms with Crippen molar-refractivity contribution in [2.75, 3.05) is 7.05 Å². The molecule has 11 heavy (non-hydrogen) atoms. The van der Waals surface area contributed by atoms with E-state index in [0.29, 0.717) is 12.2 Å². The van der Waals surface area contributed by atoms with Crippen molar-refractivity contribution in [1.82, 2.24) is 10.3 Å². The fourth-order valence-corrected chi connectivity index (χ4v) is 1.29. The molecule has 0 fully saturated rings. The Morgan fingerprint density at radius 3 is 3.09 bits per heavy atom. The molecule has 0 aliphatic rings. The Labute approximate surface area is 68.4 Å². The molecule has 0 aromatic carbocycles. The first kappa shape index (κ1) is 8.16. The molecule has 1 rings (SSSR count). The molecule has 0 aliphatic heterocycles. The second kappa shape index (κ2) is 3.45. The van der Waals surface area contributed by atoms with Gasteiger partial charge in [-0.3, -0.25) is 4.79 Å². The summed E-state index contributed by atoms with van der Waals surface area (Å²) in [5, 5.41) is 4.96. The third-order valence-corrected chi connectivity index (χ3v) is 2.06. The van der Waals surface area contributed by atoms with Gasteiger partial charge in [0.2, 0.25) is 0 Å². The van der Waals surface area contributed by atoms with E-state index in [2.05, 4.69) is 10.3 Å². The molecule has 0 unspecified atom stereocenters. The summed E-state index contributed by atoms with van der Waals surface area (Å²) in [6.45, 7) is 0.391. The molecular weight excluding hydrogens is 162 g/mol. The maximum absolute atomic E-state index is 10.9. The predicted molar refractivity (Wildman–Crippen MR) is 43.4 cm³/mol. The van der Waals surface area contributed by atoms with E-state index >= 15 is 0 Å². The average molecular weight is 171 g/mol. The fraction of sp³-hybridized carbons (Fsp3) is 0.333. The molecule has 0 spiro atoms. The molecule has 0 radical (unpaired) electrons. The number of amides is 1. The summed E-state index contributed by atoms with van der Waals surface area (Å²) in [7, 11) is 1.57. The maximum Gasteiger partial charge on any atom is 0.270 e. The summed E-state index contributed by atoms with van der Waals surface area (Å²) in [4.78, 5) is 14.9. The van der Waals surface area contributed by atoms with Gasteiger partial charge in [0.05, 0.1) is 0 Å². The lowest BCUT2D eigenvalue weighted by molar-refractivity contribution is 0.0958. The second-order valence-electron chi connectivity index (χ2n) is 1.91. The van der Waals surface area contributed by atoms with Gasteiger partial charge in [-0.25, -0.2) is 4.98 Å². The molecule has 1 heterocycles. The van der Waals surface area contributed by atoms with Crippen molar-refractivity contribution in [3.63, 3.8) is 0 Å². The standard InChI is InChI=1S/C6H9N3OS/c1-8-6(10)4-3-11-5(2-7)9-4/h3H,2,7H2,1H3,(H,8,10). The molecule has 0 atom stereocenters. The van der Waals surface area contributed by atoms with Gasteiger partial charge >= 0.3 is 0 Å². The number of thiazole rings is 1. The van der Waals surface area contributed by atoms with Gasteiger partial charge in [0, 0.05) is 19.0 Å². The molecule has 3 N–H and O–H groups in total. The van der Waals surface area contributed by atoms with Crippen LogP contribution in [0.15, 0.2) is 5.38 Å². The van der Waals surface area contributed by atoms with E-state index in [0.717, 1.165) is 5.01 Å². The van der Waals surface area contributed by atoms with E-state index in [9.17, 15) is 4.79 Å². The highest BCUT2D eigenvalue weighted by Gasteiger charge is 2.06. The van der Waals surface area contributed by atoms with Gasteiger partial charge < -0.3 is 11.1 Å². The zero-order valence-electron chi connectivity index (χ0n) is 6.13. The van der Waals surface area contributed by atoms with Crippen LogP contribution in [0.3, 0.4) is 0 Å². The summed E-state index contributed by atoms with van der Waals surface area (Å²) < 4.78 is 0. The van der Waals surface area contributed by atoms with Gasteiger partial charge in [-0.15, -0.1) is 11.3 Å². The van der Waals surface area contributed by atoms with Crippen LogP contribution in [-0.4, -0.2) is 17.9 Å². The molecule has 5 heteroatoms. The van der Waals surface area contributed by atoms with Gasteiger partial charge in [0.15, 0.2) is 0 Å². The lowest BCUT2D eigenvalue weighted by atomic mass is 10.5. The Bertz CT molecular complexity index is 258. The number of hydrogen-bond acceptors (Lipinski definition) is 4. The normalized spacial score (nSPS) is 9.64. The molecule has 4 nitrogen and oxygen atoms in total. The van der Waals surface area contributed by atoms with Gasteiger partial charge in [-0.1, -0.05) is 0 Å². The van der Waals surface area contributed by atoms with Gasteiger partial charge in [0.1, 0.15) is 10.7 Å². The molecule has 0 bridgehead atoms. The van der Waals surface area contributed by atoms with E-state index in [4.69, 9.17) is 5.73 Å². The van der Waals surface area contributed by atoms with Crippen molar-refractivity contribution in [3.8, 4) is 0 Å². The minimum absolute atomic E-state index is 0.166. The van der Waals surface area contributed by atoms with Crippen LogP contribution in [0, 0.1) is 0 Å². The van der Waals surface area contributed by atoms with Gasteiger partial charge in [-0.2, -0.15) is 0 Å². The summed E-state index contributed by atoms with van der Waals surface area (Å²) in [6, 6.07) is 0. The van der Waals surface area contributed by atoms with Crippen LogP contribution in [0.1, 0.15) is 15.5 Å². The van der Waals surface area contributed by atoms with Gasteiger partial charge in [0.25, 0.3) is 5.91 Å². The highest BCUT2D eigenvalue weighted by molar-refractivity contribution is 7.09. The Kier molecular flexibility index (Phi) is 2.56. The first-order valence-electron chi connectivity index (χ1n) is 3.14. The topological polar surface area (TPSA) is 68.0 Å². The Balaban J connectivity index is 2.80. The van der Waals surface area contributed by atoms with Crippen LogP contribution in [-0.2, 0) is 6.54 Å². The van der Waals surface area contributed by atoms with Crippen molar-refractivity contribution in [2.24, 2.45) is 5.73 Å². The van der Waals surface area contributed by atoms with Crippen molar-refractivity contribution in [1.29, 1.82) is 0 Å². The molecular formula is C6H9N3OS. The molecule has 60 valence electrons. The van der Waals surface area contributed by atoms with E-state index in [1.54, 1.807) is 12.4 Å². The zero-order chi connectivity index (χ0) is 8.27. The highest BCUT2D eigenvalue weighted by Crippen LogP contribution is 2.07. The Morgan fingerprint density at radius 2 is 2.64 bits per heavy atom. The Hall–Kier alpha value is -0.940. The summed E-state index contributed by atoms with van der Waals surface area (Å²) >= 11 is 1.40. The molecule has 1 aromatic rings. The van der Waals surface area contributed by atoms with Gasteiger partial charge in [-0.05, 0) is 0 Å². The molecule has 0 saturated carbocycles. The van der Waals surface area contributed by atoms with Crippen LogP contribution in [0.25, 0.3) is 0 Å². The number of nitrogens with zero attached hydrogens (tertiary/aromatic N) is 1. The first-order valence-corrected chi connectivity index (χ1v) is 4.02. The molecule has 0 aliphatic carbocycles. The molecule has 0 saturated heterocycles. The van der Waals surface area contributed by atoms with Crippen LogP contribution in [0.4, 0.5) is 0 Å². The molecule has 1 amide bonds. The third kappa shape index (κ3) is 1.75. The minimum atomic E-state index is -0.166. The third-order valence-electron chi connectivity index (χ3n) is 1.19. The minimum Gasteiger partial charge on any atom is -0.354 e. The number of nitrogens with one attached hydrogen (secondary N) is 1. The van der Waals surface area contributed by atoms with Crippen molar-refractivity contribution in [2.45, 2.75) is 6.54 Å². The van der Waals surface area contributed by atoms with E-state index in [1.807, 2.05) is 0 Å². The number of nitrogens with two attached hydrogens (primary N) is 1. The second-order valence-corrected chi connectivity index (χ2v) is 2.85. The van der Waals surface area contributed by atoms with E-state index < -0.39 is 0 Å². The lowest BCUT2D eigenvalue weighted by Gasteiger charge is -1.90.